The monoisotopic (exact) mass is 396 g/mol. The van der Waals surface area contributed by atoms with Crippen molar-refractivity contribution in [2.24, 2.45) is 0 Å². The molecule has 1 atom stereocenters. The van der Waals surface area contributed by atoms with E-state index in [2.05, 4.69) is 22.2 Å². The number of nitrogens with zero attached hydrogens (tertiary/aromatic N) is 5. The highest BCUT2D eigenvalue weighted by Crippen LogP contribution is 2.28. The van der Waals surface area contributed by atoms with Crippen LogP contribution in [0.25, 0.3) is 5.65 Å². The second kappa shape index (κ2) is 8.65. The van der Waals surface area contributed by atoms with Gasteiger partial charge in [0.25, 0.3) is 0 Å². The van der Waals surface area contributed by atoms with Crippen LogP contribution in [-0.2, 0) is 13.0 Å². The first-order valence-electron chi connectivity index (χ1n) is 10.4. The van der Waals surface area contributed by atoms with Crippen molar-refractivity contribution in [3.8, 4) is 0 Å². The molecule has 0 amide bonds. The van der Waals surface area contributed by atoms with E-state index < -0.39 is 0 Å². The van der Waals surface area contributed by atoms with Gasteiger partial charge in [0.1, 0.15) is 11.6 Å². The van der Waals surface area contributed by atoms with Crippen LogP contribution in [-0.4, -0.2) is 38.9 Å². The number of anilines is 2. The third-order valence-electron chi connectivity index (χ3n) is 5.61. The molecule has 2 N–H and O–H groups in total. The molecule has 0 bridgehead atoms. The number of aliphatic hydroxyl groups is 1. The van der Waals surface area contributed by atoms with Gasteiger partial charge in [-0.15, -0.1) is 0 Å². The number of rotatable bonds is 7. The summed E-state index contributed by atoms with van der Waals surface area (Å²) < 4.78 is 2.64. The van der Waals surface area contributed by atoms with E-state index in [0.717, 1.165) is 65.4 Å². The SMILES string of the molecule is CCc1cnn2c(NCc3ccc[n+]([O-])c3)cc(N3CCCC[C@@H]3CCO)nc12. The van der Waals surface area contributed by atoms with Crippen LogP contribution in [0.1, 0.15) is 43.7 Å². The molecule has 0 aliphatic carbocycles. The first-order valence-corrected chi connectivity index (χ1v) is 10.4. The van der Waals surface area contributed by atoms with Gasteiger partial charge in [-0.3, -0.25) is 0 Å². The summed E-state index contributed by atoms with van der Waals surface area (Å²) in [6.45, 7) is 3.75. The molecule has 3 aromatic rings. The molecular weight excluding hydrogens is 368 g/mol. The van der Waals surface area contributed by atoms with E-state index in [1.807, 2.05) is 22.8 Å². The average molecular weight is 396 g/mol. The molecule has 1 saturated heterocycles. The minimum atomic E-state index is 0.185. The van der Waals surface area contributed by atoms with E-state index in [1.54, 1.807) is 12.3 Å². The highest BCUT2D eigenvalue weighted by Gasteiger charge is 2.24. The summed E-state index contributed by atoms with van der Waals surface area (Å²) in [5.74, 6) is 1.76. The van der Waals surface area contributed by atoms with Crippen molar-refractivity contribution in [2.45, 2.75) is 51.6 Å². The van der Waals surface area contributed by atoms with Gasteiger partial charge >= 0.3 is 0 Å². The zero-order valence-electron chi connectivity index (χ0n) is 16.8. The van der Waals surface area contributed by atoms with Crippen molar-refractivity contribution < 1.29 is 9.84 Å². The molecule has 0 spiro atoms. The third kappa shape index (κ3) is 4.12. The molecule has 1 aliphatic rings. The molecule has 8 heteroatoms. The molecule has 8 nitrogen and oxygen atoms in total. The van der Waals surface area contributed by atoms with Crippen molar-refractivity contribution in [1.82, 2.24) is 14.6 Å². The van der Waals surface area contributed by atoms with Gasteiger partial charge in [-0.2, -0.15) is 14.3 Å². The molecule has 3 aromatic heterocycles. The smallest absolute Gasteiger partial charge is 0.185 e. The minimum Gasteiger partial charge on any atom is -0.619 e. The first kappa shape index (κ1) is 19.4. The lowest BCUT2D eigenvalue weighted by molar-refractivity contribution is -0.605. The Kier molecular flexibility index (Phi) is 5.80. The molecule has 0 aromatic carbocycles. The van der Waals surface area contributed by atoms with Gasteiger partial charge in [0.15, 0.2) is 18.0 Å². The summed E-state index contributed by atoms with van der Waals surface area (Å²) in [5, 5.41) is 29.0. The number of aryl methyl sites for hydroxylation is 1. The van der Waals surface area contributed by atoms with E-state index >= 15 is 0 Å². The zero-order valence-corrected chi connectivity index (χ0v) is 16.8. The van der Waals surface area contributed by atoms with Crippen LogP contribution < -0.4 is 14.9 Å². The average Bonchev–Trinajstić information content (AvgIpc) is 3.16. The topological polar surface area (TPSA) is 92.6 Å². The molecule has 1 fully saturated rings. The second-order valence-corrected chi connectivity index (χ2v) is 7.54. The van der Waals surface area contributed by atoms with Crippen LogP contribution in [0.2, 0.25) is 0 Å². The van der Waals surface area contributed by atoms with Gasteiger partial charge in [-0.25, -0.2) is 4.98 Å². The Morgan fingerprint density at radius 3 is 3.07 bits per heavy atom. The van der Waals surface area contributed by atoms with E-state index in [-0.39, 0.29) is 6.61 Å². The Balaban J connectivity index is 1.69. The van der Waals surface area contributed by atoms with E-state index in [4.69, 9.17) is 4.98 Å². The van der Waals surface area contributed by atoms with Crippen LogP contribution in [0.4, 0.5) is 11.6 Å². The maximum absolute atomic E-state index is 11.5. The Morgan fingerprint density at radius 1 is 1.38 bits per heavy atom. The number of piperidine rings is 1. The molecule has 0 unspecified atom stereocenters. The predicted octanol–water partition coefficient (Wildman–Crippen LogP) is 2.28. The molecule has 0 saturated carbocycles. The van der Waals surface area contributed by atoms with Gasteiger partial charge < -0.3 is 20.5 Å². The number of nitrogens with one attached hydrogen (secondary N) is 1. The Labute approximate surface area is 170 Å². The van der Waals surface area contributed by atoms with Crippen LogP contribution >= 0.6 is 0 Å². The lowest BCUT2D eigenvalue weighted by atomic mass is 9.99. The van der Waals surface area contributed by atoms with Gasteiger partial charge in [0, 0.05) is 49.0 Å². The number of fused-ring (bicyclic) bond motifs is 1. The maximum atomic E-state index is 11.5. The van der Waals surface area contributed by atoms with Crippen molar-refractivity contribution in [3.63, 3.8) is 0 Å². The quantitative estimate of drug-likeness (QED) is 0.470. The molecule has 4 rings (SSSR count). The van der Waals surface area contributed by atoms with Gasteiger partial charge in [-0.1, -0.05) is 6.92 Å². The largest absolute Gasteiger partial charge is 0.619 e. The van der Waals surface area contributed by atoms with Crippen LogP contribution in [0, 0.1) is 5.21 Å². The number of hydrogen-bond acceptors (Lipinski definition) is 6. The Hall–Kier alpha value is -2.87. The molecule has 154 valence electrons. The zero-order chi connectivity index (χ0) is 20.2. The molecule has 29 heavy (non-hydrogen) atoms. The molecular formula is C21H28N6O2. The number of pyridine rings is 1. The summed E-state index contributed by atoms with van der Waals surface area (Å²) in [6.07, 6.45) is 9.91. The lowest BCUT2D eigenvalue weighted by Crippen LogP contribution is -2.40. The maximum Gasteiger partial charge on any atom is 0.185 e. The fourth-order valence-electron chi connectivity index (χ4n) is 4.07. The summed E-state index contributed by atoms with van der Waals surface area (Å²) in [4.78, 5) is 7.27. The Morgan fingerprint density at radius 2 is 2.28 bits per heavy atom. The molecule has 4 heterocycles. The second-order valence-electron chi connectivity index (χ2n) is 7.54. The van der Waals surface area contributed by atoms with Crippen LogP contribution in [0.15, 0.2) is 36.8 Å². The molecule has 0 radical (unpaired) electrons. The fourth-order valence-corrected chi connectivity index (χ4v) is 4.07. The fraction of sp³-hybridized carbons (Fsp3) is 0.476. The number of aliphatic hydroxyl groups excluding tert-OH is 1. The van der Waals surface area contributed by atoms with Gasteiger partial charge in [0.05, 0.1) is 6.20 Å². The van der Waals surface area contributed by atoms with Crippen LogP contribution in [0.3, 0.4) is 0 Å². The summed E-state index contributed by atoms with van der Waals surface area (Å²) in [5.41, 5.74) is 2.85. The predicted molar refractivity (Wildman–Crippen MR) is 112 cm³/mol. The highest BCUT2D eigenvalue weighted by molar-refractivity contribution is 5.61. The van der Waals surface area contributed by atoms with Gasteiger partial charge in [-0.05, 0) is 38.2 Å². The minimum absolute atomic E-state index is 0.185. The van der Waals surface area contributed by atoms with Crippen molar-refractivity contribution in [3.05, 3.63) is 53.1 Å². The summed E-state index contributed by atoms with van der Waals surface area (Å²) in [7, 11) is 0. The molecule has 1 aliphatic heterocycles. The van der Waals surface area contributed by atoms with Crippen molar-refractivity contribution >= 4 is 17.3 Å². The highest BCUT2D eigenvalue weighted by atomic mass is 16.5. The Bertz CT molecular complexity index is 971. The standard InChI is InChI=1S/C21H28N6O2/c1-2-17-14-23-27-19(22-13-16-6-5-9-25(29)15-16)12-20(24-21(17)27)26-10-4-3-7-18(26)8-11-28/h5-6,9,12,14-15,18,22,28H,2-4,7-8,10-11,13H2,1H3/t18-/m1/s1. The number of hydrogen-bond donors (Lipinski definition) is 2. The summed E-state index contributed by atoms with van der Waals surface area (Å²) in [6, 6.07) is 6.00. The third-order valence-corrected chi connectivity index (χ3v) is 5.61. The lowest BCUT2D eigenvalue weighted by Gasteiger charge is -2.36. The normalized spacial score (nSPS) is 17.0. The number of aromatic nitrogens is 4. The van der Waals surface area contributed by atoms with Crippen molar-refractivity contribution in [2.75, 3.05) is 23.4 Å². The van der Waals surface area contributed by atoms with E-state index in [1.165, 1.54) is 12.6 Å². The van der Waals surface area contributed by atoms with E-state index in [0.29, 0.717) is 12.6 Å². The summed E-state index contributed by atoms with van der Waals surface area (Å²) >= 11 is 0. The van der Waals surface area contributed by atoms with Crippen molar-refractivity contribution in [1.29, 1.82) is 0 Å². The van der Waals surface area contributed by atoms with E-state index in [9.17, 15) is 10.3 Å². The van der Waals surface area contributed by atoms with Gasteiger partial charge in [0.2, 0.25) is 0 Å². The van der Waals surface area contributed by atoms with Crippen LogP contribution in [0.5, 0.6) is 0 Å². The first-order chi connectivity index (χ1) is 14.2.